The van der Waals surface area contributed by atoms with Gasteiger partial charge in [0, 0.05) is 18.3 Å². The number of nitrogens with zero attached hydrogens (tertiary/aromatic N) is 1. The Labute approximate surface area is 131 Å². The minimum Gasteiger partial charge on any atom is -0.493 e. The van der Waals surface area contributed by atoms with E-state index >= 15 is 0 Å². The Bertz CT molecular complexity index is 609. The molecule has 0 aliphatic carbocycles. The van der Waals surface area contributed by atoms with Crippen LogP contribution < -0.4 is 9.47 Å². The van der Waals surface area contributed by atoms with Crippen molar-refractivity contribution >= 4 is 6.29 Å². The maximum Gasteiger partial charge on any atom is 0.161 e. The smallest absolute Gasteiger partial charge is 0.161 e. The molecule has 0 saturated carbocycles. The molecule has 1 aromatic carbocycles. The number of hydrogen-bond donors (Lipinski definition) is 0. The van der Waals surface area contributed by atoms with Crippen LogP contribution in [0.5, 0.6) is 11.5 Å². The average molecular weight is 301 g/mol. The van der Waals surface area contributed by atoms with Gasteiger partial charge in [-0.25, -0.2) is 0 Å². The molecule has 22 heavy (non-hydrogen) atoms. The van der Waals surface area contributed by atoms with Crippen LogP contribution in [0.1, 0.15) is 36.9 Å². The lowest BCUT2D eigenvalue weighted by molar-refractivity contribution is -0.105. The maximum atomic E-state index is 11.3. The summed E-state index contributed by atoms with van der Waals surface area (Å²) in [6.45, 7) is 3.09. The Morgan fingerprint density at radius 1 is 1.27 bits per heavy atom. The topological polar surface area (TPSA) is 38.8 Å². The first-order chi connectivity index (χ1) is 10.7. The number of hydrogen-bond acceptors (Lipinski definition) is 4. The molecule has 1 aromatic rings. The van der Waals surface area contributed by atoms with Gasteiger partial charge in [0.1, 0.15) is 6.29 Å². The van der Waals surface area contributed by atoms with Crippen molar-refractivity contribution in [2.75, 3.05) is 20.8 Å². The summed E-state index contributed by atoms with van der Waals surface area (Å²) in [7, 11) is 3.34. The highest BCUT2D eigenvalue weighted by Gasteiger charge is 2.33. The first-order valence-corrected chi connectivity index (χ1v) is 7.89. The van der Waals surface area contributed by atoms with Crippen LogP contribution >= 0.6 is 0 Å². The first-order valence-electron chi connectivity index (χ1n) is 7.89. The largest absolute Gasteiger partial charge is 0.493 e. The van der Waals surface area contributed by atoms with Gasteiger partial charge in [-0.2, -0.15) is 0 Å². The Balaban J connectivity index is 2.03. The zero-order valence-electron chi connectivity index (χ0n) is 13.5. The van der Waals surface area contributed by atoms with Crippen molar-refractivity contribution in [1.29, 1.82) is 0 Å². The van der Waals surface area contributed by atoms with Crippen LogP contribution in [-0.2, 0) is 11.2 Å². The lowest BCUT2D eigenvalue weighted by atomic mass is 9.80. The molecule has 0 fully saturated rings. The van der Waals surface area contributed by atoms with E-state index in [1.165, 1.54) is 11.1 Å². The maximum absolute atomic E-state index is 11.3. The van der Waals surface area contributed by atoms with Crippen molar-refractivity contribution < 1.29 is 14.3 Å². The van der Waals surface area contributed by atoms with E-state index in [-0.39, 0.29) is 0 Å². The second-order valence-electron chi connectivity index (χ2n) is 6.00. The fourth-order valence-electron chi connectivity index (χ4n) is 3.70. The van der Waals surface area contributed by atoms with Gasteiger partial charge in [-0.05, 0) is 48.4 Å². The molecule has 2 aliphatic heterocycles. The van der Waals surface area contributed by atoms with E-state index in [4.69, 9.17) is 9.47 Å². The van der Waals surface area contributed by atoms with Crippen molar-refractivity contribution in [2.24, 2.45) is 5.92 Å². The monoisotopic (exact) mass is 301 g/mol. The zero-order valence-corrected chi connectivity index (χ0v) is 13.5. The number of benzene rings is 1. The Morgan fingerprint density at radius 2 is 2.00 bits per heavy atom. The molecule has 2 heterocycles. The van der Waals surface area contributed by atoms with Gasteiger partial charge in [-0.1, -0.05) is 6.92 Å². The quantitative estimate of drug-likeness (QED) is 0.801. The highest BCUT2D eigenvalue weighted by molar-refractivity contribution is 5.74. The van der Waals surface area contributed by atoms with Crippen molar-refractivity contribution in [2.45, 2.75) is 32.2 Å². The third-order valence-electron chi connectivity index (χ3n) is 4.97. The number of ether oxygens (including phenoxy) is 2. The number of carbonyl (C=O) groups excluding carboxylic acids is 1. The van der Waals surface area contributed by atoms with Crippen LogP contribution in [0.4, 0.5) is 0 Å². The molecule has 0 unspecified atom stereocenters. The lowest BCUT2D eigenvalue weighted by Gasteiger charge is -2.42. The number of methoxy groups -OCH3 is 2. The fraction of sp³-hybridized carbons (Fsp3) is 0.500. The van der Waals surface area contributed by atoms with Crippen LogP contribution in [0.2, 0.25) is 0 Å². The van der Waals surface area contributed by atoms with Gasteiger partial charge < -0.3 is 14.4 Å². The standard InChI is InChI=1S/C18H23NO3/c1-4-12-7-16-15-9-18(22-3)17(21-2)8-13(15)5-6-19(16)10-14(12)11-20/h8-12,16H,4-7H2,1-3H3/t12-,16-/m1/s1. The van der Waals surface area contributed by atoms with Crippen molar-refractivity contribution in [1.82, 2.24) is 4.90 Å². The number of aldehydes is 1. The second kappa shape index (κ2) is 6.03. The summed E-state index contributed by atoms with van der Waals surface area (Å²) >= 11 is 0. The van der Waals surface area contributed by atoms with E-state index in [2.05, 4.69) is 30.2 Å². The average Bonchev–Trinajstić information content (AvgIpc) is 2.58. The molecule has 0 bridgehead atoms. The highest BCUT2D eigenvalue weighted by atomic mass is 16.5. The van der Waals surface area contributed by atoms with Crippen molar-refractivity contribution in [3.8, 4) is 11.5 Å². The van der Waals surface area contributed by atoms with Gasteiger partial charge in [0.05, 0.1) is 20.3 Å². The van der Waals surface area contributed by atoms with Gasteiger partial charge in [-0.15, -0.1) is 0 Å². The minimum absolute atomic E-state index is 0.331. The summed E-state index contributed by atoms with van der Waals surface area (Å²) in [6.07, 6.45) is 6.04. The molecule has 4 heteroatoms. The molecule has 0 saturated heterocycles. The predicted molar refractivity (Wildman–Crippen MR) is 85.2 cm³/mol. The normalized spacial score (nSPS) is 23.2. The number of fused-ring (bicyclic) bond motifs is 3. The Kier molecular flexibility index (Phi) is 4.10. The fourth-order valence-corrected chi connectivity index (χ4v) is 3.70. The van der Waals surface area contributed by atoms with E-state index in [9.17, 15) is 4.79 Å². The number of carbonyl (C=O) groups is 1. The van der Waals surface area contributed by atoms with Crippen LogP contribution in [0.3, 0.4) is 0 Å². The van der Waals surface area contributed by atoms with Gasteiger partial charge in [-0.3, -0.25) is 4.79 Å². The van der Waals surface area contributed by atoms with E-state index < -0.39 is 0 Å². The number of rotatable bonds is 4. The predicted octanol–water partition coefficient (Wildman–Crippen LogP) is 3.12. The molecule has 0 radical (unpaired) electrons. The van der Waals surface area contributed by atoms with E-state index in [1.807, 2.05) is 0 Å². The van der Waals surface area contributed by atoms with Gasteiger partial charge in [0.15, 0.2) is 11.5 Å². The Morgan fingerprint density at radius 3 is 2.64 bits per heavy atom. The first kappa shape index (κ1) is 14.9. The molecule has 0 N–H and O–H groups in total. The Hall–Kier alpha value is -1.97. The summed E-state index contributed by atoms with van der Waals surface area (Å²) in [4.78, 5) is 13.6. The summed E-state index contributed by atoms with van der Waals surface area (Å²) < 4.78 is 10.9. The molecule has 0 amide bonds. The lowest BCUT2D eigenvalue weighted by Crippen LogP contribution is -2.36. The molecule has 4 nitrogen and oxygen atoms in total. The van der Waals surface area contributed by atoms with E-state index in [1.54, 1.807) is 14.2 Å². The van der Waals surface area contributed by atoms with Crippen LogP contribution in [0.15, 0.2) is 23.9 Å². The van der Waals surface area contributed by atoms with E-state index in [0.29, 0.717) is 12.0 Å². The van der Waals surface area contributed by atoms with Crippen LogP contribution in [-0.4, -0.2) is 32.0 Å². The van der Waals surface area contributed by atoms with Gasteiger partial charge >= 0.3 is 0 Å². The minimum atomic E-state index is 0.331. The van der Waals surface area contributed by atoms with Crippen LogP contribution in [0, 0.1) is 5.92 Å². The SMILES string of the molecule is CC[C@@H]1C[C@@H]2c3cc(OC)c(OC)cc3CCN2C=C1C=O. The van der Waals surface area contributed by atoms with Gasteiger partial charge in [0.2, 0.25) is 0 Å². The molecular weight excluding hydrogens is 278 g/mol. The summed E-state index contributed by atoms with van der Waals surface area (Å²) in [5, 5.41) is 0. The highest BCUT2D eigenvalue weighted by Crippen LogP contribution is 2.44. The summed E-state index contributed by atoms with van der Waals surface area (Å²) in [5.41, 5.74) is 3.57. The van der Waals surface area contributed by atoms with E-state index in [0.717, 1.165) is 49.2 Å². The zero-order chi connectivity index (χ0) is 15.7. The van der Waals surface area contributed by atoms with Crippen LogP contribution in [0.25, 0.3) is 0 Å². The third kappa shape index (κ3) is 2.36. The molecule has 3 rings (SSSR count). The summed E-state index contributed by atoms with van der Waals surface area (Å²) in [5.74, 6) is 1.92. The third-order valence-corrected chi connectivity index (χ3v) is 4.97. The van der Waals surface area contributed by atoms with Crippen molar-refractivity contribution in [3.05, 3.63) is 35.0 Å². The molecule has 0 spiro atoms. The van der Waals surface area contributed by atoms with Gasteiger partial charge in [0.25, 0.3) is 0 Å². The molecular formula is C18H23NO3. The molecule has 118 valence electrons. The number of allylic oxidation sites excluding steroid dienone is 1. The summed E-state index contributed by atoms with van der Waals surface area (Å²) in [6, 6.07) is 4.54. The molecule has 0 aromatic heterocycles. The molecule has 2 aliphatic rings. The second-order valence-corrected chi connectivity index (χ2v) is 6.00. The molecule has 2 atom stereocenters. The van der Waals surface area contributed by atoms with Crippen molar-refractivity contribution in [3.63, 3.8) is 0 Å².